The van der Waals surface area contributed by atoms with Crippen LogP contribution >= 0.6 is 0 Å². The Morgan fingerprint density at radius 1 is 1.22 bits per heavy atom. The zero-order valence-electron chi connectivity index (χ0n) is 13.4. The Labute approximate surface area is 136 Å². The summed E-state index contributed by atoms with van der Waals surface area (Å²) in [5.74, 6) is 0.373. The fourth-order valence-corrected chi connectivity index (χ4v) is 3.43. The number of rotatable bonds is 5. The lowest BCUT2D eigenvalue weighted by molar-refractivity contribution is -0.144. The molecule has 3 rings (SSSR count). The van der Waals surface area contributed by atoms with E-state index in [9.17, 15) is 9.90 Å². The molecule has 2 aromatic rings. The summed E-state index contributed by atoms with van der Waals surface area (Å²) in [5, 5.41) is 11.5. The van der Waals surface area contributed by atoms with Gasteiger partial charge in [0, 0.05) is 25.0 Å². The predicted molar refractivity (Wildman–Crippen MR) is 90.8 cm³/mol. The zero-order valence-corrected chi connectivity index (χ0v) is 13.4. The van der Waals surface area contributed by atoms with Gasteiger partial charge >= 0.3 is 5.97 Å². The van der Waals surface area contributed by atoms with E-state index in [1.807, 2.05) is 24.3 Å². The first kappa shape index (κ1) is 15.8. The minimum atomic E-state index is -0.684. The zero-order chi connectivity index (χ0) is 16.2. The molecule has 2 atom stereocenters. The number of hydrogen-bond donors (Lipinski definition) is 1. The van der Waals surface area contributed by atoms with E-state index in [2.05, 4.69) is 30.0 Å². The molecular weight excluding hydrogens is 290 g/mol. The van der Waals surface area contributed by atoms with Crippen molar-refractivity contribution in [2.75, 3.05) is 26.2 Å². The first-order chi connectivity index (χ1) is 11.1. The van der Waals surface area contributed by atoms with Gasteiger partial charge in [-0.15, -0.1) is 0 Å². The largest absolute Gasteiger partial charge is 0.492 e. The Morgan fingerprint density at radius 3 is 2.83 bits per heavy atom. The lowest BCUT2D eigenvalue weighted by Crippen LogP contribution is -2.44. The molecule has 0 aliphatic carbocycles. The number of nitrogens with zero attached hydrogens (tertiary/aromatic N) is 1. The molecule has 0 bridgehead atoms. The third kappa shape index (κ3) is 3.82. The van der Waals surface area contributed by atoms with Crippen molar-refractivity contribution in [1.29, 1.82) is 0 Å². The van der Waals surface area contributed by atoms with E-state index >= 15 is 0 Å². The number of carboxylic acid groups (broad SMARTS) is 1. The number of benzene rings is 2. The Kier molecular flexibility index (Phi) is 4.82. The molecular formula is C19H23NO3. The first-order valence-corrected chi connectivity index (χ1v) is 8.19. The van der Waals surface area contributed by atoms with Crippen molar-refractivity contribution >= 4 is 16.7 Å². The topological polar surface area (TPSA) is 49.8 Å². The minimum absolute atomic E-state index is 0.253. The second-order valence-corrected chi connectivity index (χ2v) is 6.46. The summed E-state index contributed by atoms with van der Waals surface area (Å²) in [6.45, 7) is 5.03. The molecule has 2 aromatic carbocycles. The molecule has 0 amide bonds. The second-order valence-electron chi connectivity index (χ2n) is 6.46. The smallest absolute Gasteiger partial charge is 0.307 e. The van der Waals surface area contributed by atoms with E-state index in [1.165, 1.54) is 5.39 Å². The second kappa shape index (κ2) is 7.01. The van der Waals surface area contributed by atoms with Crippen molar-refractivity contribution in [2.45, 2.75) is 13.3 Å². The molecule has 4 heteroatoms. The maximum Gasteiger partial charge on any atom is 0.307 e. The molecule has 0 aromatic heterocycles. The van der Waals surface area contributed by atoms with Crippen molar-refractivity contribution in [1.82, 2.24) is 4.90 Å². The number of carboxylic acids is 1. The first-order valence-electron chi connectivity index (χ1n) is 8.19. The number of aliphatic carboxylic acids is 1. The summed E-state index contributed by atoms with van der Waals surface area (Å²) in [4.78, 5) is 13.4. The summed E-state index contributed by atoms with van der Waals surface area (Å²) in [7, 11) is 0. The van der Waals surface area contributed by atoms with Crippen LogP contribution in [-0.2, 0) is 4.79 Å². The highest BCUT2D eigenvalue weighted by Gasteiger charge is 2.29. The average molecular weight is 313 g/mol. The van der Waals surface area contributed by atoms with Gasteiger partial charge in [-0.2, -0.15) is 0 Å². The summed E-state index contributed by atoms with van der Waals surface area (Å²) in [5.41, 5.74) is 0. The number of likely N-dealkylation sites (tertiary alicyclic amines) is 1. The van der Waals surface area contributed by atoms with Crippen LogP contribution in [0.1, 0.15) is 13.3 Å². The Bertz CT molecular complexity index is 680. The highest BCUT2D eigenvalue weighted by molar-refractivity contribution is 5.88. The van der Waals surface area contributed by atoms with Crippen LogP contribution in [0.5, 0.6) is 5.75 Å². The van der Waals surface area contributed by atoms with Crippen LogP contribution in [0.15, 0.2) is 42.5 Å². The molecule has 0 spiro atoms. The van der Waals surface area contributed by atoms with Crippen LogP contribution < -0.4 is 4.74 Å². The van der Waals surface area contributed by atoms with Gasteiger partial charge in [-0.25, -0.2) is 0 Å². The van der Waals surface area contributed by atoms with Crippen molar-refractivity contribution in [3.05, 3.63) is 42.5 Å². The van der Waals surface area contributed by atoms with Gasteiger partial charge in [0.1, 0.15) is 12.4 Å². The molecule has 1 saturated heterocycles. The fraction of sp³-hybridized carbons (Fsp3) is 0.421. The molecule has 1 heterocycles. The summed E-state index contributed by atoms with van der Waals surface area (Å²) in [6.07, 6.45) is 0.774. The van der Waals surface area contributed by atoms with Gasteiger partial charge in [-0.3, -0.25) is 9.69 Å². The van der Waals surface area contributed by atoms with Crippen LogP contribution in [0.4, 0.5) is 0 Å². The summed E-state index contributed by atoms with van der Waals surface area (Å²) < 4.78 is 5.96. The quantitative estimate of drug-likeness (QED) is 0.920. The predicted octanol–water partition coefficient (Wildman–Crippen LogP) is 3.26. The highest BCUT2D eigenvalue weighted by Crippen LogP contribution is 2.25. The number of ether oxygens (including phenoxy) is 1. The SMILES string of the molecule is CC1CC(C(=O)O)CN(CCOc2cccc3ccccc23)C1. The van der Waals surface area contributed by atoms with Crippen molar-refractivity contribution < 1.29 is 14.6 Å². The number of carbonyl (C=O) groups is 1. The van der Waals surface area contributed by atoms with Gasteiger partial charge in [0.25, 0.3) is 0 Å². The van der Waals surface area contributed by atoms with Crippen molar-refractivity contribution in [3.8, 4) is 5.75 Å². The highest BCUT2D eigenvalue weighted by atomic mass is 16.5. The van der Waals surface area contributed by atoms with Crippen LogP contribution in [0, 0.1) is 11.8 Å². The van der Waals surface area contributed by atoms with Crippen LogP contribution in [0.2, 0.25) is 0 Å². The maximum atomic E-state index is 11.2. The van der Waals surface area contributed by atoms with E-state index in [0.717, 1.165) is 30.6 Å². The molecule has 23 heavy (non-hydrogen) atoms. The number of piperidine rings is 1. The van der Waals surface area contributed by atoms with Gasteiger partial charge < -0.3 is 9.84 Å². The van der Waals surface area contributed by atoms with E-state index in [4.69, 9.17) is 4.74 Å². The average Bonchev–Trinajstić information content (AvgIpc) is 2.54. The lowest BCUT2D eigenvalue weighted by Gasteiger charge is -2.34. The van der Waals surface area contributed by atoms with Gasteiger partial charge in [0.2, 0.25) is 0 Å². The van der Waals surface area contributed by atoms with Crippen LogP contribution in [0.25, 0.3) is 10.8 Å². The van der Waals surface area contributed by atoms with Gasteiger partial charge in [0.15, 0.2) is 0 Å². The Morgan fingerprint density at radius 2 is 2.00 bits per heavy atom. The van der Waals surface area contributed by atoms with E-state index in [1.54, 1.807) is 0 Å². The molecule has 4 nitrogen and oxygen atoms in total. The van der Waals surface area contributed by atoms with Crippen LogP contribution in [0.3, 0.4) is 0 Å². The van der Waals surface area contributed by atoms with Gasteiger partial charge in [0.05, 0.1) is 5.92 Å². The maximum absolute atomic E-state index is 11.2. The monoisotopic (exact) mass is 313 g/mol. The molecule has 1 N–H and O–H groups in total. The van der Waals surface area contributed by atoms with E-state index in [0.29, 0.717) is 19.1 Å². The Hall–Kier alpha value is -2.07. The third-order valence-electron chi connectivity index (χ3n) is 4.50. The molecule has 122 valence electrons. The lowest BCUT2D eigenvalue weighted by atomic mass is 9.90. The normalized spacial score (nSPS) is 22.1. The third-order valence-corrected chi connectivity index (χ3v) is 4.50. The van der Waals surface area contributed by atoms with Gasteiger partial charge in [-0.05, 0) is 23.8 Å². The molecule has 1 aliphatic heterocycles. The number of hydrogen-bond acceptors (Lipinski definition) is 3. The van der Waals surface area contributed by atoms with E-state index < -0.39 is 5.97 Å². The van der Waals surface area contributed by atoms with Crippen molar-refractivity contribution in [3.63, 3.8) is 0 Å². The van der Waals surface area contributed by atoms with Crippen LogP contribution in [-0.4, -0.2) is 42.2 Å². The van der Waals surface area contributed by atoms with E-state index in [-0.39, 0.29) is 5.92 Å². The molecule has 2 unspecified atom stereocenters. The molecule has 0 saturated carbocycles. The molecule has 0 radical (unpaired) electrons. The number of fused-ring (bicyclic) bond motifs is 1. The minimum Gasteiger partial charge on any atom is -0.492 e. The van der Waals surface area contributed by atoms with Crippen molar-refractivity contribution in [2.24, 2.45) is 11.8 Å². The Balaban J connectivity index is 1.59. The standard InChI is InChI=1S/C19H23NO3/c1-14-11-16(19(21)22)13-20(12-14)9-10-23-18-8-4-6-15-5-2-3-7-17(15)18/h2-8,14,16H,9-13H2,1H3,(H,21,22). The van der Waals surface area contributed by atoms with Gasteiger partial charge in [-0.1, -0.05) is 43.3 Å². The summed E-state index contributed by atoms with van der Waals surface area (Å²) >= 11 is 0. The fourth-order valence-electron chi connectivity index (χ4n) is 3.43. The summed E-state index contributed by atoms with van der Waals surface area (Å²) in [6, 6.07) is 14.2. The molecule has 1 fully saturated rings. The molecule has 1 aliphatic rings.